The lowest BCUT2D eigenvalue weighted by Crippen LogP contribution is -2.36. The summed E-state index contributed by atoms with van der Waals surface area (Å²) in [7, 11) is 0. The van der Waals surface area contributed by atoms with E-state index in [1.165, 1.54) is 25.3 Å². The van der Waals surface area contributed by atoms with Gasteiger partial charge in [-0.05, 0) is 43.9 Å². The molecule has 1 aromatic heterocycles. The number of likely N-dealkylation sites (tertiary alicyclic amines) is 1. The zero-order valence-corrected chi connectivity index (χ0v) is 11.6. The van der Waals surface area contributed by atoms with Crippen LogP contribution >= 0.6 is 0 Å². The van der Waals surface area contributed by atoms with Gasteiger partial charge in [-0.2, -0.15) is 0 Å². The van der Waals surface area contributed by atoms with Gasteiger partial charge in [0.15, 0.2) is 0 Å². The Morgan fingerprint density at radius 1 is 1.53 bits per heavy atom. The zero-order valence-electron chi connectivity index (χ0n) is 11.6. The van der Waals surface area contributed by atoms with Gasteiger partial charge in [0.2, 0.25) is 0 Å². The Morgan fingerprint density at radius 2 is 2.37 bits per heavy atom. The van der Waals surface area contributed by atoms with Crippen molar-refractivity contribution in [2.45, 2.75) is 38.7 Å². The summed E-state index contributed by atoms with van der Waals surface area (Å²) in [5, 5.41) is 10.1. The van der Waals surface area contributed by atoms with Gasteiger partial charge in [-0.1, -0.05) is 13.3 Å². The lowest BCUT2D eigenvalue weighted by atomic mass is 9.95. The molecule has 0 aliphatic carbocycles. The van der Waals surface area contributed by atoms with E-state index >= 15 is 0 Å². The molecule has 1 aliphatic rings. The van der Waals surface area contributed by atoms with E-state index in [0.29, 0.717) is 12.1 Å². The first-order valence-corrected chi connectivity index (χ1v) is 7.21. The fourth-order valence-electron chi connectivity index (χ4n) is 2.72. The summed E-state index contributed by atoms with van der Waals surface area (Å²) < 4.78 is 12.8. The van der Waals surface area contributed by atoms with Gasteiger partial charge in [-0.3, -0.25) is 4.98 Å². The number of aromatic nitrogens is 1. The summed E-state index contributed by atoms with van der Waals surface area (Å²) in [6.07, 6.45) is 5.04. The van der Waals surface area contributed by atoms with Crippen LogP contribution in [-0.4, -0.2) is 34.6 Å². The predicted molar refractivity (Wildman–Crippen MR) is 73.2 cm³/mol. The van der Waals surface area contributed by atoms with Crippen molar-refractivity contribution in [3.63, 3.8) is 0 Å². The summed E-state index contributed by atoms with van der Waals surface area (Å²) in [5.41, 5.74) is 0.561. The quantitative estimate of drug-likeness (QED) is 0.890. The Labute approximate surface area is 114 Å². The van der Waals surface area contributed by atoms with Crippen molar-refractivity contribution in [3.8, 4) is 0 Å². The van der Waals surface area contributed by atoms with E-state index in [-0.39, 0.29) is 5.82 Å². The van der Waals surface area contributed by atoms with Gasteiger partial charge in [-0.15, -0.1) is 0 Å². The van der Waals surface area contributed by atoms with Crippen LogP contribution in [0.4, 0.5) is 4.39 Å². The minimum Gasteiger partial charge on any atom is -0.387 e. The van der Waals surface area contributed by atoms with E-state index in [0.717, 1.165) is 31.7 Å². The molecule has 1 saturated heterocycles. The summed E-state index contributed by atoms with van der Waals surface area (Å²) >= 11 is 0. The molecule has 2 heterocycles. The Kier molecular flexibility index (Phi) is 5.28. The lowest BCUT2D eigenvalue weighted by Gasteiger charge is -2.32. The molecule has 1 fully saturated rings. The average Bonchev–Trinajstić information content (AvgIpc) is 2.46. The van der Waals surface area contributed by atoms with E-state index in [4.69, 9.17) is 0 Å². The van der Waals surface area contributed by atoms with Crippen LogP contribution in [0.3, 0.4) is 0 Å². The maximum absolute atomic E-state index is 12.8. The van der Waals surface area contributed by atoms with Crippen LogP contribution in [0.25, 0.3) is 0 Å². The minimum atomic E-state index is -0.595. The number of piperidine rings is 1. The van der Waals surface area contributed by atoms with E-state index in [9.17, 15) is 9.50 Å². The first-order valence-electron chi connectivity index (χ1n) is 7.21. The summed E-state index contributed by atoms with van der Waals surface area (Å²) in [6, 6.07) is 2.91. The molecular formula is C15H23FN2O. The molecular weight excluding hydrogens is 243 g/mol. The number of halogens is 1. The molecule has 106 valence electrons. The molecule has 0 bridgehead atoms. The second-order valence-electron chi connectivity index (χ2n) is 5.42. The molecule has 4 heteroatoms. The molecule has 2 rings (SSSR count). The number of rotatable bonds is 5. The molecule has 0 spiro atoms. The van der Waals surface area contributed by atoms with Gasteiger partial charge in [0.1, 0.15) is 5.82 Å². The molecule has 1 N–H and O–H groups in total. The SMILES string of the molecule is CCC1CCCN(CCC(O)c2ccc(F)cn2)C1. The Bertz CT molecular complexity index is 382. The van der Waals surface area contributed by atoms with E-state index in [1.54, 1.807) is 6.07 Å². The molecule has 1 aliphatic heterocycles. The van der Waals surface area contributed by atoms with Crippen LogP contribution in [0.15, 0.2) is 18.3 Å². The smallest absolute Gasteiger partial charge is 0.141 e. The van der Waals surface area contributed by atoms with Gasteiger partial charge >= 0.3 is 0 Å². The van der Waals surface area contributed by atoms with Crippen molar-refractivity contribution in [1.82, 2.24) is 9.88 Å². The highest BCUT2D eigenvalue weighted by Gasteiger charge is 2.19. The maximum Gasteiger partial charge on any atom is 0.141 e. The first kappa shape index (κ1) is 14.4. The Hall–Kier alpha value is -1.00. The molecule has 0 amide bonds. The van der Waals surface area contributed by atoms with Crippen LogP contribution < -0.4 is 0 Å². The van der Waals surface area contributed by atoms with Crippen LogP contribution in [0, 0.1) is 11.7 Å². The summed E-state index contributed by atoms with van der Waals surface area (Å²) in [6.45, 7) is 5.39. The fourth-order valence-corrected chi connectivity index (χ4v) is 2.72. The van der Waals surface area contributed by atoms with Crippen molar-refractivity contribution in [2.24, 2.45) is 5.92 Å². The maximum atomic E-state index is 12.8. The highest BCUT2D eigenvalue weighted by molar-refractivity contribution is 5.07. The predicted octanol–water partition coefficient (Wildman–Crippen LogP) is 2.77. The average molecular weight is 266 g/mol. The highest BCUT2D eigenvalue weighted by Crippen LogP contribution is 2.21. The normalized spacial score (nSPS) is 22.4. The van der Waals surface area contributed by atoms with Gasteiger partial charge in [0, 0.05) is 13.1 Å². The number of hydrogen-bond donors (Lipinski definition) is 1. The second-order valence-corrected chi connectivity index (χ2v) is 5.42. The third kappa shape index (κ3) is 4.25. The number of hydrogen-bond acceptors (Lipinski definition) is 3. The second kappa shape index (κ2) is 6.96. The molecule has 0 radical (unpaired) electrons. The number of aliphatic hydroxyl groups is 1. The van der Waals surface area contributed by atoms with E-state index in [2.05, 4.69) is 16.8 Å². The lowest BCUT2D eigenvalue weighted by molar-refractivity contribution is 0.115. The zero-order chi connectivity index (χ0) is 13.7. The molecule has 3 nitrogen and oxygen atoms in total. The molecule has 0 aromatic carbocycles. The number of aliphatic hydroxyl groups excluding tert-OH is 1. The number of pyridine rings is 1. The third-order valence-electron chi connectivity index (χ3n) is 3.99. The van der Waals surface area contributed by atoms with E-state index < -0.39 is 6.10 Å². The number of nitrogens with zero attached hydrogens (tertiary/aromatic N) is 2. The van der Waals surface area contributed by atoms with Gasteiger partial charge in [0.05, 0.1) is 18.0 Å². The largest absolute Gasteiger partial charge is 0.387 e. The van der Waals surface area contributed by atoms with Gasteiger partial charge < -0.3 is 10.0 Å². The molecule has 0 saturated carbocycles. The molecule has 2 atom stereocenters. The first-order chi connectivity index (χ1) is 9.19. The molecule has 1 aromatic rings. The van der Waals surface area contributed by atoms with Gasteiger partial charge in [0.25, 0.3) is 0 Å². The Balaban J connectivity index is 1.79. The highest BCUT2D eigenvalue weighted by atomic mass is 19.1. The van der Waals surface area contributed by atoms with E-state index in [1.807, 2.05) is 0 Å². The van der Waals surface area contributed by atoms with Gasteiger partial charge in [-0.25, -0.2) is 4.39 Å². The van der Waals surface area contributed by atoms with Crippen molar-refractivity contribution in [3.05, 3.63) is 29.8 Å². The summed E-state index contributed by atoms with van der Waals surface area (Å²) in [5.74, 6) is 0.438. The Morgan fingerprint density at radius 3 is 3.05 bits per heavy atom. The monoisotopic (exact) mass is 266 g/mol. The van der Waals surface area contributed by atoms with Crippen LogP contribution in [-0.2, 0) is 0 Å². The van der Waals surface area contributed by atoms with Crippen molar-refractivity contribution < 1.29 is 9.50 Å². The topological polar surface area (TPSA) is 36.4 Å². The van der Waals surface area contributed by atoms with Crippen molar-refractivity contribution >= 4 is 0 Å². The standard InChI is InChI=1S/C15H23FN2O/c1-2-12-4-3-8-18(11-12)9-7-15(19)14-6-5-13(16)10-17-14/h5-6,10,12,15,19H,2-4,7-9,11H2,1H3. The summed E-state index contributed by atoms with van der Waals surface area (Å²) in [4.78, 5) is 6.35. The van der Waals surface area contributed by atoms with Crippen LogP contribution in [0.1, 0.15) is 44.4 Å². The molecule has 2 unspecified atom stereocenters. The van der Waals surface area contributed by atoms with Crippen molar-refractivity contribution in [2.75, 3.05) is 19.6 Å². The van der Waals surface area contributed by atoms with Crippen LogP contribution in [0.5, 0.6) is 0 Å². The molecule has 19 heavy (non-hydrogen) atoms. The third-order valence-corrected chi connectivity index (χ3v) is 3.99. The minimum absolute atomic E-state index is 0.363. The van der Waals surface area contributed by atoms with Crippen molar-refractivity contribution in [1.29, 1.82) is 0 Å². The fraction of sp³-hybridized carbons (Fsp3) is 0.667. The van der Waals surface area contributed by atoms with Crippen LogP contribution in [0.2, 0.25) is 0 Å².